The lowest BCUT2D eigenvalue weighted by molar-refractivity contribution is 0.416. The number of nitrogens with two attached hydrogens (primary N) is 1. The first-order chi connectivity index (χ1) is 9.90. The van der Waals surface area contributed by atoms with E-state index in [0.717, 1.165) is 17.1 Å². The molecule has 110 valence electrons. The first-order valence-electron chi connectivity index (χ1n) is 6.83. The van der Waals surface area contributed by atoms with Crippen LogP contribution >= 0.6 is 0 Å². The Kier molecular flexibility index (Phi) is 3.95. The van der Waals surface area contributed by atoms with Crippen LogP contribution in [0.1, 0.15) is 26.6 Å². The molecule has 0 amide bonds. The molecule has 4 heteroatoms. The van der Waals surface area contributed by atoms with Crippen molar-refractivity contribution < 1.29 is 4.74 Å². The van der Waals surface area contributed by atoms with Crippen LogP contribution in [0, 0.1) is 12.3 Å². The number of aromatic nitrogens is 2. The normalized spacial score (nSPS) is 11.2. The van der Waals surface area contributed by atoms with Crippen LogP contribution in [0.2, 0.25) is 0 Å². The lowest BCUT2D eigenvalue weighted by Gasteiger charge is -2.18. The van der Waals surface area contributed by atoms with Gasteiger partial charge in [0.15, 0.2) is 0 Å². The number of benzene rings is 1. The maximum Gasteiger partial charge on any atom is 0.132 e. The average molecular weight is 283 g/mol. The molecule has 2 N–H and O–H groups in total. The third-order valence-corrected chi connectivity index (χ3v) is 3.29. The van der Waals surface area contributed by atoms with Crippen molar-refractivity contribution in [1.29, 1.82) is 0 Å². The number of rotatable bonds is 3. The second kappa shape index (κ2) is 5.53. The molecule has 1 aromatic carbocycles. The molecule has 1 heterocycles. The number of hydrogen-bond acceptors (Lipinski definition) is 3. The molecular formula is C17H21N3O. The minimum atomic E-state index is -0.148. The summed E-state index contributed by atoms with van der Waals surface area (Å²) in [7, 11) is 1.64. The molecule has 2 rings (SSSR count). The van der Waals surface area contributed by atoms with E-state index in [1.807, 2.05) is 28.8 Å². The van der Waals surface area contributed by atoms with E-state index in [4.69, 9.17) is 21.9 Å². The van der Waals surface area contributed by atoms with E-state index >= 15 is 0 Å². The maximum atomic E-state index is 6.29. The SMILES string of the molecule is C#CCn1c(C(C)(C)C)nc(-c2ccccc2OC)c1N. The summed E-state index contributed by atoms with van der Waals surface area (Å²) >= 11 is 0. The van der Waals surface area contributed by atoms with Gasteiger partial charge in [0, 0.05) is 11.0 Å². The van der Waals surface area contributed by atoms with E-state index in [9.17, 15) is 0 Å². The van der Waals surface area contributed by atoms with Crippen molar-refractivity contribution in [2.75, 3.05) is 12.8 Å². The molecule has 4 nitrogen and oxygen atoms in total. The van der Waals surface area contributed by atoms with Crippen LogP contribution in [-0.2, 0) is 12.0 Å². The number of imidazole rings is 1. The van der Waals surface area contributed by atoms with Gasteiger partial charge >= 0.3 is 0 Å². The van der Waals surface area contributed by atoms with Crippen LogP contribution in [0.3, 0.4) is 0 Å². The Hall–Kier alpha value is -2.41. The highest BCUT2D eigenvalue weighted by Gasteiger charge is 2.26. The Bertz CT molecular complexity index is 687. The third-order valence-electron chi connectivity index (χ3n) is 3.29. The molecule has 0 atom stereocenters. The van der Waals surface area contributed by atoms with E-state index in [1.54, 1.807) is 7.11 Å². The van der Waals surface area contributed by atoms with Gasteiger partial charge in [-0.1, -0.05) is 38.8 Å². The van der Waals surface area contributed by atoms with Crippen LogP contribution < -0.4 is 10.5 Å². The van der Waals surface area contributed by atoms with Crippen molar-refractivity contribution in [1.82, 2.24) is 9.55 Å². The molecular weight excluding hydrogens is 262 g/mol. The fourth-order valence-electron chi connectivity index (χ4n) is 2.33. The number of anilines is 1. The van der Waals surface area contributed by atoms with Gasteiger partial charge < -0.3 is 15.0 Å². The molecule has 0 unspecified atom stereocenters. The Morgan fingerprint density at radius 3 is 2.57 bits per heavy atom. The molecule has 1 aromatic heterocycles. The maximum absolute atomic E-state index is 6.29. The minimum absolute atomic E-state index is 0.148. The molecule has 0 aliphatic rings. The van der Waals surface area contributed by atoms with Crippen LogP contribution in [0.5, 0.6) is 5.75 Å². The fourth-order valence-corrected chi connectivity index (χ4v) is 2.33. The molecule has 0 fully saturated rings. The lowest BCUT2D eigenvalue weighted by Crippen LogP contribution is -2.19. The van der Waals surface area contributed by atoms with Crippen molar-refractivity contribution in [3.63, 3.8) is 0 Å². The van der Waals surface area contributed by atoms with Crippen LogP contribution in [0.15, 0.2) is 24.3 Å². The first-order valence-corrected chi connectivity index (χ1v) is 6.83. The predicted molar refractivity (Wildman–Crippen MR) is 86.2 cm³/mol. The van der Waals surface area contributed by atoms with E-state index in [1.165, 1.54) is 0 Å². The number of terminal acetylenes is 1. The molecule has 2 aromatic rings. The highest BCUT2D eigenvalue weighted by atomic mass is 16.5. The third kappa shape index (κ3) is 2.73. The summed E-state index contributed by atoms with van der Waals surface area (Å²) in [6.07, 6.45) is 5.47. The van der Waals surface area contributed by atoms with Crippen LogP contribution in [0.25, 0.3) is 11.3 Å². The van der Waals surface area contributed by atoms with Gasteiger partial charge in [-0.3, -0.25) is 0 Å². The molecule has 0 aliphatic carbocycles. The summed E-state index contributed by atoms with van der Waals surface area (Å²) in [6.45, 7) is 6.68. The number of nitrogens with zero attached hydrogens (tertiary/aromatic N) is 2. The number of hydrogen-bond donors (Lipinski definition) is 1. The van der Waals surface area contributed by atoms with Gasteiger partial charge in [0.2, 0.25) is 0 Å². The molecule has 0 saturated heterocycles. The predicted octanol–water partition coefficient (Wildman–Crippen LogP) is 3.07. The summed E-state index contributed by atoms with van der Waals surface area (Å²) in [6, 6.07) is 7.70. The van der Waals surface area contributed by atoms with Crippen molar-refractivity contribution in [3.8, 4) is 29.4 Å². The average Bonchev–Trinajstić information content (AvgIpc) is 2.77. The van der Waals surface area contributed by atoms with Gasteiger partial charge in [0.1, 0.15) is 23.1 Å². The lowest BCUT2D eigenvalue weighted by atomic mass is 9.95. The zero-order valence-corrected chi connectivity index (χ0v) is 13.0. The monoisotopic (exact) mass is 283 g/mol. The molecule has 21 heavy (non-hydrogen) atoms. The number of methoxy groups -OCH3 is 1. The topological polar surface area (TPSA) is 53.1 Å². The molecule has 0 spiro atoms. The van der Waals surface area contributed by atoms with E-state index in [2.05, 4.69) is 26.7 Å². The summed E-state index contributed by atoms with van der Waals surface area (Å²) in [5.41, 5.74) is 7.73. The summed E-state index contributed by atoms with van der Waals surface area (Å²) < 4.78 is 7.29. The Labute approximate surface area is 125 Å². The van der Waals surface area contributed by atoms with E-state index < -0.39 is 0 Å². The minimum Gasteiger partial charge on any atom is -0.496 e. The molecule has 0 radical (unpaired) electrons. The van der Waals surface area contributed by atoms with Gasteiger partial charge in [-0.25, -0.2) is 4.98 Å². The van der Waals surface area contributed by atoms with E-state index in [-0.39, 0.29) is 5.41 Å². The molecule has 0 bridgehead atoms. The Morgan fingerprint density at radius 1 is 1.33 bits per heavy atom. The second-order valence-electron chi connectivity index (χ2n) is 5.91. The summed E-state index contributed by atoms with van der Waals surface area (Å²) in [4.78, 5) is 4.74. The van der Waals surface area contributed by atoms with Crippen molar-refractivity contribution in [3.05, 3.63) is 30.1 Å². The highest BCUT2D eigenvalue weighted by molar-refractivity contribution is 5.76. The number of para-hydroxylation sites is 1. The number of ether oxygens (including phenoxy) is 1. The van der Waals surface area contributed by atoms with Gasteiger partial charge in [0.05, 0.1) is 13.7 Å². The Balaban J connectivity index is 2.69. The zero-order valence-electron chi connectivity index (χ0n) is 13.0. The van der Waals surface area contributed by atoms with Crippen molar-refractivity contribution in [2.45, 2.75) is 32.7 Å². The van der Waals surface area contributed by atoms with Gasteiger partial charge in [-0.05, 0) is 12.1 Å². The molecule has 0 saturated carbocycles. The highest BCUT2D eigenvalue weighted by Crippen LogP contribution is 2.36. The van der Waals surface area contributed by atoms with Crippen molar-refractivity contribution >= 4 is 5.82 Å². The largest absolute Gasteiger partial charge is 0.496 e. The second-order valence-corrected chi connectivity index (χ2v) is 5.91. The summed E-state index contributed by atoms with van der Waals surface area (Å²) in [5, 5.41) is 0. The van der Waals surface area contributed by atoms with Crippen LogP contribution in [0.4, 0.5) is 5.82 Å². The first kappa shape index (κ1) is 15.0. The quantitative estimate of drug-likeness (QED) is 0.881. The standard InChI is InChI=1S/C17H21N3O/c1-6-11-20-15(18)14(19-16(20)17(2,3)4)12-9-7-8-10-13(12)21-5/h1,7-10H,11,18H2,2-5H3. The summed E-state index contributed by atoms with van der Waals surface area (Å²) in [5.74, 6) is 4.83. The smallest absolute Gasteiger partial charge is 0.132 e. The van der Waals surface area contributed by atoms with Gasteiger partial charge in [-0.2, -0.15) is 0 Å². The van der Waals surface area contributed by atoms with Gasteiger partial charge in [-0.15, -0.1) is 6.42 Å². The fraction of sp³-hybridized carbons (Fsp3) is 0.353. The number of nitrogen functional groups attached to an aromatic ring is 1. The Morgan fingerprint density at radius 2 is 2.00 bits per heavy atom. The van der Waals surface area contributed by atoms with E-state index in [0.29, 0.717) is 18.1 Å². The van der Waals surface area contributed by atoms with Crippen molar-refractivity contribution in [2.24, 2.45) is 0 Å². The van der Waals surface area contributed by atoms with Crippen LogP contribution in [-0.4, -0.2) is 16.7 Å². The van der Waals surface area contributed by atoms with Gasteiger partial charge in [0.25, 0.3) is 0 Å². The molecule has 0 aliphatic heterocycles. The zero-order chi connectivity index (χ0) is 15.6.